The maximum absolute atomic E-state index is 5.78. The Morgan fingerprint density at radius 3 is 1.85 bits per heavy atom. The van der Waals surface area contributed by atoms with Gasteiger partial charge in [-0.2, -0.15) is 0 Å². The lowest BCUT2D eigenvalue weighted by Gasteiger charge is -2.10. The van der Waals surface area contributed by atoms with Crippen molar-refractivity contribution in [2.24, 2.45) is 0 Å². The van der Waals surface area contributed by atoms with E-state index in [1.54, 1.807) is 0 Å². The summed E-state index contributed by atoms with van der Waals surface area (Å²) in [6, 6.07) is 0. The molecule has 0 heterocycles. The van der Waals surface area contributed by atoms with E-state index in [0.717, 1.165) is 0 Å². The van der Waals surface area contributed by atoms with Gasteiger partial charge in [0.1, 0.15) is 8.07 Å². The topological polar surface area (TPSA) is 0 Å². The Morgan fingerprint density at radius 1 is 1.08 bits per heavy atom. The van der Waals surface area contributed by atoms with Crippen molar-refractivity contribution in [1.82, 2.24) is 0 Å². The third kappa shape index (κ3) is 4.25. The van der Waals surface area contributed by atoms with Crippen LogP contribution in [0.25, 0.3) is 0 Å². The first-order chi connectivity index (χ1) is 5.89. The number of hydrogen-bond donors (Lipinski definition) is 0. The zero-order valence-corrected chi connectivity index (χ0v) is 11.0. The van der Waals surface area contributed by atoms with E-state index in [2.05, 4.69) is 35.3 Å². The van der Waals surface area contributed by atoms with Gasteiger partial charge in [-0.15, -0.1) is 46.6 Å². The van der Waals surface area contributed by atoms with Crippen LogP contribution in [-0.2, 0) is 0 Å². The molecule has 3 heteroatoms. The van der Waals surface area contributed by atoms with Crippen molar-refractivity contribution in [3.8, 4) is 35.0 Å². The molecular weight excluding hydrogens is 212 g/mol. The highest BCUT2D eigenvalue weighted by Crippen LogP contribution is 2.04. The van der Waals surface area contributed by atoms with Crippen molar-refractivity contribution in [2.75, 3.05) is 5.50 Å². The molecule has 0 radical (unpaired) electrons. The zero-order chi connectivity index (χ0) is 10.5. The van der Waals surface area contributed by atoms with Gasteiger partial charge in [-0.25, -0.2) is 0 Å². The highest BCUT2D eigenvalue weighted by Gasteiger charge is 2.21. The molecule has 0 spiro atoms. The minimum atomic E-state index is -2.15. The van der Waals surface area contributed by atoms with E-state index in [1.165, 1.54) is 0 Å². The molecule has 0 nitrogen and oxygen atoms in total. The van der Waals surface area contributed by atoms with E-state index in [9.17, 15) is 0 Å². The molecule has 0 rings (SSSR count). The number of rotatable bonds is 1. The largest absolute Gasteiger partial charge is 0.286 e. The fraction of sp³-hybridized carbons (Fsp3) is 0.400. The molecule has 0 aliphatic carbocycles. The van der Waals surface area contributed by atoms with Gasteiger partial charge in [-0.1, -0.05) is 13.1 Å². The summed E-state index contributed by atoms with van der Waals surface area (Å²) in [6.07, 6.45) is 10.7. The summed E-state index contributed by atoms with van der Waals surface area (Å²) in [5.74, 6) is 0. The second-order valence-electron chi connectivity index (χ2n) is 3.68. The van der Waals surface area contributed by atoms with Crippen molar-refractivity contribution in [2.45, 2.75) is 19.6 Å². The minimum absolute atomic E-state index is 0.625. The van der Waals surface area contributed by atoms with E-state index in [4.69, 9.17) is 24.4 Å². The number of hydrogen-bond acceptors (Lipinski definition) is 0. The average Bonchev–Trinajstić information content (AvgIpc) is 2.14. The molecule has 0 bridgehead atoms. The third-order valence-corrected chi connectivity index (χ3v) is 7.07. The van der Waals surface area contributed by atoms with Crippen LogP contribution in [0.2, 0.25) is 19.6 Å². The quantitative estimate of drug-likeness (QED) is 0.363. The van der Waals surface area contributed by atoms with Crippen molar-refractivity contribution < 1.29 is 0 Å². The number of alkyl halides is 1. The second kappa shape index (κ2) is 4.59. The van der Waals surface area contributed by atoms with Gasteiger partial charge in [0.05, 0.1) is 0 Å². The Morgan fingerprint density at radius 2 is 1.54 bits per heavy atom. The molecule has 0 aromatic carbocycles. The summed E-state index contributed by atoms with van der Waals surface area (Å²) in [5, 5.41) is 0. The molecule has 0 atom stereocenters. The molecule has 68 valence electrons. The first kappa shape index (κ1) is 12.4. The van der Waals surface area contributed by atoms with Crippen LogP contribution in [0.5, 0.6) is 0 Å². The number of terminal acetylenes is 2. The van der Waals surface area contributed by atoms with Gasteiger partial charge in [-0.05, 0) is 6.55 Å². The Hall–Kier alpha value is -0.596. The molecule has 0 amide bonds. The van der Waals surface area contributed by atoms with Gasteiger partial charge in [0.25, 0.3) is 8.07 Å². The molecule has 0 saturated carbocycles. The van der Waals surface area contributed by atoms with E-state index in [-0.39, 0.29) is 0 Å². The summed E-state index contributed by atoms with van der Waals surface area (Å²) in [4.78, 5) is 0. The first-order valence-electron chi connectivity index (χ1n) is 3.95. The van der Waals surface area contributed by atoms with Crippen molar-refractivity contribution in [3.63, 3.8) is 0 Å². The molecule has 0 fully saturated rings. The maximum atomic E-state index is 5.78. The fourth-order valence-electron chi connectivity index (χ4n) is 0.441. The van der Waals surface area contributed by atoms with E-state index < -0.39 is 16.1 Å². The summed E-state index contributed by atoms with van der Waals surface area (Å²) >= 11 is 5.78. The van der Waals surface area contributed by atoms with Gasteiger partial charge in [0, 0.05) is 5.50 Å². The lowest BCUT2D eigenvalue weighted by molar-refractivity contribution is 1.76. The van der Waals surface area contributed by atoms with Crippen molar-refractivity contribution in [3.05, 3.63) is 0 Å². The molecule has 0 aromatic heterocycles. The van der Waals surface area contributed by atoms with Gasteiger partial charge in [-0.3, -0.25) is 0 Å². The first-order valence-corrected chi connectivity index (χ1v) is 10.2. The van der Waals surface area contributed by atoms with Crippen LogP contribution in [0, 0.1) is 35.0 Å². The second-order valence-corrected chi connectivity index (χ2v) is 11.8. The smallest absolute Gasteiger partial charge is 0.135 e. The summed E-state index contributed by atoms with van der Waals surface area (Å²) in [5.41, 5.74) is 12.2. The highest BCUT2D eigenvalue weighted by atomic mass is 35.5. The standard InChI is InChI=1S/C10H13ClSi2/c1-6-13(5,7-2)9-8-12(3,4)10-11/h1-2H,10H2,3-5H3. The predicted molar refractivity (Wildman–Crippen MR) is 65.3 cm³/mol. The Labute approximate surface area is 88.1 Å². The van der Waals surface area contributed by atoms with Crippen LogP contribution in [0.4, 0.5) is 0 Å². The molecule has 0 aromatic rings. The Balaban J connectivity index is 4.81. The molecule has 0 N–H and O–H groups in total. The molecule has 0 unspecified atom stereocenters. The summed E-state index contributed by atoms with van der Waals surface area (Å²) < 4.78 is 0. The molecule has 0 saturated heterocycles. The Bertz CT molecular complexity index is 306. The highest BCUT2D eigenvalue weighted by molar-refractivity contribution is 7.01. The fourth-order valence-corrected chi connectivity index (χ4v) is 3.29. The van der Waals surface area contributed by atoms with Crippen molar-refractivity contribution in [1.29, 1.82) is 0 Å². The van der Waals surface area contributed by atoms with Crippen LogP contribution in [0.1, 0.15) is 0 Å². The van der Waals surface area contributed by atoms with Crippen LogP contribution >= 0.6 is 11.6 Å². The van der Waals surface area contributed by atoms with E-state index >= 15 is 0 Å². The summed E-state index contributed by atoms with van der Waals surface area (Å²) in [7, 11) is -3.72. The monoisotopic (exact) mass is 224 g/mol. The van der Waals surface area contributed by atoms with Crippen LogP contribution < -0.4 is 0 Å². The van der Waals surface area contributed by atoms with Gasteiger partial charge >= 0.3 is 0 Å². The van der Waals surface area contributed by atoms with Crippen LogP contribution in [0.3, 0.4) is 0 Å². The van der Waals surface area contributed by atoms with Crippen LogP contribution in [0.15, 0.2) is 0 Å². The minimum Gasteiger partial charge on any atom is -0.135 e. The average molecular weight is 225 g/mol. The van der Waals surface area contributed by atoms with E-state index in [0.29, 0.717) is 5.50 Å². The molecular formula is C10H13ClSi2. The Kier molecular flexibility index (Phi) is 4.38. The SMILES string of the molecule is C#C[Si](C)(C#C)C#C[Si](C)(C)CCl. The predicted octanol–water partition coefficient (Wildman–Crippen LogP) is 1.98. The zero-order valence-electron chi connectivity index (χ0n) is 8.24. The van der Waals surface area contributed by atoms with Gasteiger partial charge < -0.3 is 0 Å². The molecule has 0 aliphatic rings. The lowest BCUT2D eigenvalue weighted by Crippen LogP contribution is -2.30. The van der Waals surface area contributed by atoms with Crippen molar-refractivity contribution >= 4 is 27.7 Å². The van der Waals surface area contributed by atoms with Gasteiger partial charge in [0.2, 0.25) is 0 Å². The molecule has 13 heavy (non-hydrogen) atoms. The lowest BCUT2D eigenvalue weighted by atomic mass is 11.3. The summed E-state index contributed by atoms with van der Waals surface area (Å²) in [6.45, 7) is 6.11. The van der Waals surface area contributed by atoms with E-state index in [1.807, 2.05) is 6.55 Å². The van der Waals surface area contributed by atoms with Gasteiger partial charge in [0.15, 0.2) is 0 Å². The molecule has 0 aliphatic heterocycles. The maximum Gasteiger partial charge on any atom is 0.286 e. The van der Waals surface area contributed by atoms with Crippen LogP contribution in [-0.4, -0.2) is 21.7 Å². The number of halogens is 1. The normalized spacial score (nSPS) is 10.6. The third-order valence-electron chi connectivity index (χ3n) is 1.56.